The van der Waals surface area contributed by atoms with Gasteiger partial charge in [0.15, 0.2) is 0 Å². The molecule has 2 aliphatic carbocycles. The first-order valence-electron chi connectivity index (χ1n) is 8.86. The fourth-order valence-electron chi connectivity index (χ4n) is 4.57. The average Bonchev–Trinajstić information content (AvgIpc) is 2.59. The highest BCUT2D eigenvalue weighted by Gasteiger charge is 2.42. The van der Waals surface area contributed by atoms with Crippen molar-refractivity contribution in [3.63, 3.8) is 0 Å². The Morgan fingerprint density at radius 1 is 1.04 bits per heavy atom. The quantitative estimate of drug-likeness (QED) is 0.670. The molecular formula is C22H23ClO. The second-order valence-electron chi connectivity index (χ2n) is 7.40. The summed E-state index contributed by atoms with van der Waals surface area (Å²) >= 11 is 6.45. The fraction of sp³-hybridized carbons (Fsp3) is 0.364. The number of benzene rings is 2. The lowest BCUT2D eigenvalue weighted by Gasteiger charge is -2.43. The second-order valence-corrected chi connectivity index (χ2v) is 7.81. The third-order valence-corrected chi connectivity index (χ3v) is 6.01. The van der Waals surface area contributed by atoms with Gasteiger partial charge in [0, 0.05) is 10.6 Å². The zero-order valence-corrected chi connectivity index (χ0v) is 14.8. The van der Waals surface area contributed by atoms with Crippen molar-refractivity contribution in [1.82, 2.24) is 0 Å². The predicted molar refractivity (Wildman–Crippen MR) is 100.0 cm³/mol. The molecule has 1 nitrogen and oxygen atoms in total. The van der Waals surface area contributed by atoms with E-state index < -0.39 is 5.60 Å². The Balaban J connectivity index is 1.87. The first kappa shape index (κ1) is 15.9. The molecule has 0 spiro atoms. The summed E-state index contributed by atoms with van der Waals surface area (Å²) in [5, 5.41) is 12.4. The van der Waals surface area contributed by atoms with E-state index in [2.05, 4.69) is 25.1 Å². The Hall–Kier alpha value is -1.57. The molecule has 124 valence electrons. The van der Waals surface area contributed by atoms with E-state index >= 15 is 0 Å². The van der Waals surface area contributed by atoms with Crippen molar-refractivity contribution in [2.24, 2.45) is 11.8 Å². The molecule has 0 aliphatic heterocycles. The van der Waals surface area contributed by atoms with Gasteiger partial charge in [-0.2, -0.15) is 0 Å². The first-order valence-corrected chi connectivity index (χ1v) is 9.23. The van der Waals surface area contributed by atoms with Gasteiger partial charge in [-0.05, 0) is 60.3 Å². The third-order valence-electron chi connectivity index (χ3n) is 5.68. The lowest BCUT2D eigenvalue weighted by Crippen LogP contribution is -2.37. The molecule has 2 aromatic carbocycles. The molecule has 0 amide bonds. The highest BCUT2D eigenvalue weighted by molar-refractivity contribution is 6.33. The molecule has 1 fully saturated rings. The summed E-state index contributed by atoms with van der Waals surface area (Å²) in [6.07, 6.45) is 6.48. The van der Waals surface area contributed by atoms with Crippen LogP contribution in [0.15, 0.2) is 60.2 Å². The number of aliphatic hydroxyl groups is 1. The van der Waals surface area contributed by atoms with Crippen molar-refractivity contribution >= 4 is 11.6 Å². The smallest absolute Gasteiger partial charge is 0.111 e. The van der Waals surface area contributed by atoms with Crippen LogP contribution in [0.25, 0.3) is 11.1 Å². The van der Waals surface area contributed by atoms with Crippen LogP contribution in [0.3, 0.4) is 0 Å². The Morgan fingerprint density at radius 2 is 1.75 bits per heavy atom. The molecule has 24 heavy (non-hydrogen) atoms. The molecule has 3 atom stereocenters. The van der Waals surface area contributed by atoms with Crippen LogP contribution in [0, 0.1) is 11.8 Å². The van der Waals surface area contributed by atoms with E-state index in [1.54, 1.807) is 0 Å². The molecule has 0 saturated heterocycles. The summed E-state index contributed by atoms with van der Waals surface area (Å²) in [6, 6.07) is 16.1. The van der Waals surface area contributed by atoms with Crippen LogP contribution >= 0.6 is 11.6 Å². The van der Waals surface area contributed by atoms with Crippen molar-refractivity contribution in [3.8, 4) is 11.1 Å². The largest absolute Gasteiger partial charge is 0.381 e. The van der Waals surface area contributed by atoms with Gasteiger partial charge < -0.3 is 5.11 Å². The fourth-order valence-corrected chi connectivity index (χ4v) is 4.80. The molecule has 0 aromatic heterocycles. The Labute approximate surface area is 149 Å². The van der Waals surface area contributed by atoms with Crippen molar-refractivity contribution in [2.75, 3.05) is 0 Å². The minimum Gasteiger partial charge on any atom is -0.381 e. The van der Waals surface area contributed by atoms with Crippen LogP contribution in [-0.2, 0) is 5.60 Å². The van der Waals surface area contributed by atoms with E-state index in [0.717, 1.165) is 46.9 Å². The van der Waals surface area contributed by atoms with Gasteiger partial charge in [-0.15, -0.1) is 0 Å². The monoisotopic (exact) mass is 338 g/mol. The standard InChI is InChI=1S/C22H23ClO/c1-15-12-16-10-11-22(24,17(13-15)14-16)20-8-4-2-6-18(20)19-7-3-5-9-21(19)23/h2-9,13,15-16,24H,10-12,14H2,1H3. The van der Waals surface area contributed by atoms with Crippen molar-refractivity contribution in [1.29, 1.82) is 0 Å². The number of hydrogen-bond acceptors (Lipinski definition) is 1. The SMILES string of the molecule is CC1C=C2CC(CCC2(O)c2ccccc2-c2ccccc2Cl)C1. The van der Waals surface area contributed by atoms with Crippen LogP contribution in [0.2, 0.25) is 5.02 Å². The van der Waals surface area contributed by atoms with Gasteiger partial charge in [0.25, 0.3) is 0 Å². The highest BCUT2D eigenvalue weighted by Crippen LogP contribution is 2.50. The van der Waals surface area contributed by atoms with Gasteiger partial charge in [0.05, 0.1) is 0 Å². The molecule has 2 aromatic rings. The molecule has 0 heterocycles. The molecule has 1 saturated carbocycles. The van der Waals surface area contributed by atoms with Crippen LogP contribution in [0.1, 0.15) is 38.2 Å². The van der Waals surface area contributed by atoms with Crippen LogP contribution in [0.4, 0.5) is 0 Å². The molecular weight excluding hydrogens is 316 g/mol. The van der Waals surface area contributed by atoms with Gasteiger partial charge in [-0.25, -0.2) is 0 Å². The Kier molecular flexibility index (Phi) is 4.02. The summed E-state index contributed by atoms with van der Waals surface area (Å²) in [4.78, 5) is 0. The minimum atomic E-state index is -0.860. The van der Waals surface area contributed by atoms with E-state index in [4.69, 9.17) is 11.6 Å². The highest BCUT2D eigenvalue weighted by atomic mass is 35.5. The normalized spacial score (nSPS) is 29.2. The molecule has 4 rings (SSSR count). The molecule has 2 aliphatic rings. The molecule has 2 bridgehead atoms. The predicted octanol–water partition coefficient (Wildman–Crippen LogP) is 5.96. The number of halogens is 1. The average molecular weight is 339 g/mol. The van der Waals surface area contributed by atoms with Gasteiger partial charge in [0.1, 0.15) is 5.60 Å². The summed E-state index contributed by atoms with van der Waals surface area (Å²) in [7, 11) is 0. The van der Waals surface area contributed by atoms with E-state index in [9.17, 15) is 5.11 Å². The Bertz CT molecular complexity index is 794. The number of hydrogen-bond donors (Lipinski definition) is 1. The van der Waals surface area contributed by atoms with Crippen molar-refractivity contribution in [2.45, 2.75) is 38.2 Å². The Morgan fingerprint density at radius 3 is 2.54 bits per heavy atom. The van der Waals surface area contributed by atoms with Crippen molar-refractivity contribution < 1.29 is 5.11 Å². The first-order chi connectivity index (χ1) is 11.6. The third kappa shape index (κ3) is 2.60. The topological polar surface area (TPSA) is 20.2 Å². The van der Waals surface area contributed by atoms with E-state index in [1.165, 1.54) is 12.0 Å². The van der Waals surface area contributed by atoms with Gasteiger partial charge in [-0.3, -0.25) is 0 Å². The molecule has 3 unspecified atom stereocenters. The van der Waals surface area contributed by atoms with Gasteiger partial charge in [-0.1, -0.05) is 67.1 Å². The maximum Gasteiger partial charge on any atom is 0.111 e. The van der Waals surface area contributed by atoms with E-state index in [0.29, 0.717) is 5.92 Å². The molecule has 2 heteroatoms. The number of rotatable bonds is 2. The molecule has 0 radical (unpaired) electrons. The summed E-state index contributed by atoms with van der Waals surface area (Å²) < 4.78 is 0. The summed E-state index contributed by atoms with van der Waals surface area (Å²) in [5.74, 6) is 1.28. The molecule has 1 N–H and O–H groups in total. The van der Waals surface area contributed by atoms with Gasteiger partial charge >= 0.3 is 0 Å². The second kappa shape index (κ2) is 6.06. The van der Waals surface area contributed by atoms with Gasteiger partial charge in [0.2, 0.25) is 0 Å². The summed E-state index contributed by atoms with van der Waals surface area (Å²) in [5.41, 5.74) is 3.38. The van der Waals surface area contributed by atoms with Crippen molar-refractivity contribution in [3.05, 3.63) is 70.8 Å². The zero-order valence-electron chi connectivity index (χ0n) is 14.0. The minimum absolute atomic E-state index is 0.554. The number of fused-ring (bicyclic) bond motifs is 2. The maximum atomic E-state index is 11.7. The lowest BCUT2D eigenvalue weighted by atomic mass is 9.65. The number of allylic oxidation sites excluding steroid dienone is 1. The maximum absolute atomic E-state index is 11.7. The lowest BCUT2D eigenvalue weighted by molar-refractivity contribution is 0.0291. The zero-order chi connectivity index (χ0) is 16.7. The van der Waals surface area contributed by atoms with Crippen LogP contribution < -0.4 is 0 Å². The van der Waals surface area contributed by atoms with Crippen LogP contribution in [0.5, 0.6) is 0 Å². The van der Waals surface area contributed by atoms with E-state index in [1.807, 2.05) is 36.4 Å². The summed E-state index contributed by atoms with van der Waals surface area (Å²) in [6.45, 7) is 2.26. The van der Waals surface area contributed by atoms with E-state index in [-0.39, 0.29) is 0 Å². The van der Waals surface area contributed by atoms with Crippen LogP contribution in [-0.4, -0.2) is 5.11 Å².